The highest BCUT2D eigenvalue weighted by atomic mass is 16.5. The molecule has 0 radical (unpaired) electrons. The summed E-state index contributed by atoms with van der Waals surface area (Å²) in [6.07, 6.45) is 5.49. The summed E-state index contributed by atoms with van der Waals surface area (Å²) >= 11 is 0. The van der Waals surface area contributed by atoms with Gasteiger partial charge >= 0.3 is 0 Å². The number of ether oxygens (including phenoxy) is 1. The van der Waals surface area contributed by atoms with Crippen LogP contribution < -0.4 is 5.73 Å². The minimum absolute atomic E-state index is 0.337. The van der Waals surface area contributed by atoms with Crippen LogP contribution in [0.1, 0.15) is 45.4 Å². The molecule has 2 heterocycles. The molecule has 1 aliphatic carbocycles. The smallest absolute Gasteiger partial charge is 0.263 e. The Morgan fingerprint density at radius 2 is 2.00 bits per heavy atom. The van der Waals surface area contributed by atoms with Crippen molar-refractivity contribution in [3.8, 4) is 11.5 Å². The maximum atomic E-state index is 5.78. The van der Waals surface area contributed by atoms with Gasteiger partial charge in [-0.1, -0.05) is 19.0 Å². The van der Waals surface area contributed by atoms with Gasteiger partial charge in [-0.2, -0.15) is 10.1 Å². The van der Waals surface area contributed by atoms with Gasteiger partial charge in [-0.25, -0.2) is 0 Å². The molecule has 1 saturated carbocycles. The Bertz CT molecular complexity index is 621. The topological polar surface area (TPSA) is 103 Å². The van der Waals surface area contributed by atoms with E-state index in [4.69, 9.17) is 15.0 Å². The number of anilines is 1. The summed E-state index contributed by atoms with van der Waals surface area (Å²) < 4.78 is 11.1. The first-order valence-corrected chi connectivity index (χ1v) is 7.14. The van der Waals surface area contributed by atoms with Crippen LogP contribution in [-0.4, -0.2) is 27.4 Å². The number of nitrogen functional groups attached to an aromatic ring is 1. The Kier molecular flexibility index (Phi) is 3.24. The number of H-pyrrole nitrogens is 1. The van der Waals surface area contributed by atoms with Crippen LogP contribution in [-0.2, 0) is 10.3 Å². The lowest BCUT2D eigenvalue weighted by atomic mass is 9.70. The molecule has 0 aliphatic heterocycles. The van der Waals surface area contributed by atoms with E-state index in [2.05, 4.69) is 34.2 Å². The largest absolute Gasteiger partial charge is 0.383 e. The third-order valence-electron chi connectivity index (χ3n) is 4.53. The van der Waals surface area contributed by atoms with Crippen LogP contribution in [0.3, 0.4) is 0 Å². The molecule has 7 nitrogen and oxygen atoms in total. The van der Waals surface area contributed by atoms with Crippen LogP contribution in [0.2, 0.25) is 0 Å². The third kappa shape index (κ3) is 2.42. The summed E-state index contributed by atoms with van der Waals surface area (Å²) in [5.41, 5.74) is 6.28. The summed E-state index contributed by atoms with van der Waals surface area (Å²) in [5, 5.41) is 10.6. The van der Waals surface area contributed by atoms with Gasteiger partial charge in [0.25, 0.3) is 5.89 Å². The number of hydrogen-bond donors (Lipinski definition) is 2. The lowest BCUT2D eigenvalue weighted by Crippen LogP contribution is -2.37. The lowest BCUT2D eigenvalue weighted by Gasteiger charge is -2.40. The molecule has 0 spiro atoms. The second kappa shape index (κ2) is 4.84. The standard InChI is InChI=1S/C14H21N5O2/c1-13(2)4-6-14(20-3,7-5-13)12-17-11(21-19-12)9-8-16-18-10(9)15/h8H,4-7H2,1-3H3,(H3,15,16,18). The first-order valence-electron chi connectivity index (χ1n) is 7.14. The van der Waals surface area contributed by atoms with Gasteiger partial charge in [0.05, 0.1) is 6.20 Å². The zero-order valence-corrected chi connectivity index (χ0v) is 12.6. The maximum Gasteiger partial charge on any atom is 0.263 e. The molecule has 2 aromatic rings. The highest BCUT2D eigenvalue weighted by Gasteiger charge is 2.43. The van der Waals surface area contributed by atoms with E-state index in [0.717, 1.165) is 25.7 Å². The molecule has 1 fully saturated rings. The van der Waals surface area contributed by atoms with Gasteiger partial charge in [0, 0.05) is 7.11 Å². The van der Waals surface area contributed by atoms with E-state index in [1.54, 1.807) is 13.3 Å². The summed E-state index contributed by atoms with van der Waals surface area (Å²) in [7, 11) is 1.71. The molecule has 7 heteroatoms. The van der Waals surface area contributed by atoms with Gasteiger partial charge < -0.3 is 15.0 Å². The van der Waals surface area contributed by atoms with E-state index in [0.29, 0.717) is 28.5 Å². The van der Waals surface area contributed by atoms with E-state index < -0.39 is 5.60 Å². The molecular weight excluding hydrogens is 270 g/mol. The fourth-order valence-electron chi connectivity index (χ4n) is 2.83. The monoisotopic (exact) mass is 291 g/mol. The van der Waals surface area contributed by atoms with Gasteiger partial charge in [0.15, 0.2) is 0 Å². The second-order valence-electron chi connectivity index (χ2n) is 6.48. The fraction of sp³-hybridized carbons (Fsp3) is 0.643. The molecule has 0 saturated heterocycles. The van der Waals surface area contributed by atoms with Crippen molar-refractivity contribution in [3.63, 3.8) is 0 Å². The van der Waals surface area contributed by atoms with Crippen molar-refractivity contribution < 1.29 is 9.26 Å². The summed E-state index contributed by atoms with van der Waals surface area (Å²) in [5.74, 6) is 1.38. The lowest BCUT2D eigenvalue weighted by molar-refractivity contribution is -0.0740. The maximum absolute atomic E-state index is 5.78. The number of nitrogens with two attached hydrogens (primary N) is 1. The molecule has 3 rings (SSSR count). The van der Waals surface area contributed by atoms with Crippen molar-refractivity contribution in [2.45, 2.75) is 45.1 Å². The number of hydrogen-bond acceptors (Lipinski definition) is 6. The first-order chi connectivity index (χ1) is 9.96. The number of rotatable bonds is 3. The molecule has 0 amide bonds. The van der Waals surface area contributed by atoms with Crippen molar-refractivity contribution in [2.75, 3.05) is 12.8 Å². The summed E-state index contributed by atoms with van der Waals surface area (Å²) in [6.45, 7) is 4.56. The molecule has 0 bridgehead atoms. The van der Waals surface area contributed by atoms with Crippen molar-refractivity contribution in [3.05, 3.63) is 12.0 Å². The quantitative estimate of drug-likeness (QED) is 0.900. The molecule has 0 aromatic carbocycles. The average molecular weight is 291 g/mol. The third-order valence-corrected chi connectivity index (χ3v) is 4.53. The van der Waals surface area contributed by atoms with Gasteiger partial charge in [-0.15, -0.1) is 0 Å². The number of aromatic nitrogens is 4. The number of nitrogens with one attached hydrogen (secondary N) is 1. The number of methoxy groups -OCH3 is 1. The molecule has 0 unspecified atom stereocenters. The normalized spacial score (nSPS) is 20.5. The van der Waals surface area contributed by atoms with E-state index in [-0.39, 0.29) is 0 Å². The SMILES string of the molecule is COC1(c2noc(-c3cn[nH]c3N)n2)CCC(C)(C)CC1. The van der Waals surface area contributed by atoms with Crippen LogP contribution in [0.5, 0.6) is 0 Å². The minimum atomic E-state index is -0.463. The Labute approximate surface area is 123 Å². The Hall–Kier alpha value is -1.89. The van der Waals surface area contributed by atoms with E-state index in [1.165, 1.54) is 0 Å². The van der Waals surface area contributed by atoms with E-state index in [9.17, 15) is 0 Å². The zero-order valence-electron chi connectivity index (χ0n) is 12.6. The predicted molar refractivity (Wildman–Crippen MR) is 77.2 cm³/mol. The van der Waals surface area contributed by atoms with Crippen LogP contribution in [0, 0.1) is 5.41 Å². The minimum Gasteiger partial charge on any atom is -0.383 e. The van der Waals surface area contributed by atoms with E-state index >= 15 is 0 Å². The van der Waals surface area contributed by atoms with Crippen LogP contribution in [0.25, 0.3) is 11.5 Å². The number of aromatic amines is 1. The molecule has 1 aliphatic rings. The van der Waals surface area contributed by atoms with Crippen LogP contribution in [0.15, 0.2) is 10.7 Å². The van der Waals surface area contributed by atoms with Gasteiger partial charge in [0.2, 0.25) is 5.82 Å². The predicted octanol–water partition coefficient (Wildman–Crippen LogP) is 2.48. The molecule has 0 atom stereocenters. The van der Waals surface area contributed by atoms with Crippen molar-refractivity contribution >= 4 is 5.82 Å². The second-order valence-corrected chi connectivity index (χ2v) is 6.48. The van der Waals surface area contributed by atoms with Crippen LogP contribution >= 0.6 is 0 Å². The van der Waals surface area contributed by atoms with Crippen LogP contribution in [0.4, 0.5) is 5.82 Å². The summed E-state index contributed by atoms with van der Waals surface area (Å²) in [4.78, 5) is 4.49. The van der Waals surface area contributed by atoms with E-state index in [1.807, 2.05) is 0 Å². The van der Waals surface area contributed by atoms with Gasteiger partial charge in [-0.3, -0.25) is 5.10 Å². The summed E-state index contributed by atoms with van der Waals surface area (Å²) in [6, 6.07) is 0. The fourth-order valence-corrected chi connectivity index (χ4v) is 2.83. The van der Waals surface area contributed by atoms with Crippen molar-refractivity contribution in [1.29, 1.82) is 0 Å². The Morgan fingerprint density at radius 1 is 1.29 bits per heavy atom. The van der Waals surface area contributed by atoms with Gasteiger partial charge in [0.1, 0.15) is 17.0 Å². The zero-order chi connectivity index (χ0) is 15.1. The number of nitrogens with zero attached hydrogens (tertiary/aromatic N) is 3. The van der Waals surface area contributed by atoms with Crippen molar-refractivity contribution in [2.24, 2.45) is 5.41 Å². The first kappa shape index (κ1) is 14.1. The highest BCUT2D eigenvalue weighted by molar-refractivity contribution is 5.65. The molecule has 2 aromatic heterocycles. The molecule has 3 N–H and O–H groups in total. The van der Waals surface area contributed by atoms with Gasteiger partial charge in [-0.05, 0) is 31.1 Å². The highest BCUT2D eigenvalue weighted by Crippen LogP contribution is 2.46. The molecule has 114 valence electrons. The van der Waals surface area contributed by atoms with Crippen molar-refractivity contribution in [1.82, 2.24) is 20.3 Å². The Morgan fingerprint density at radius 3 is 2.57 bits per heavy atom. The molecule has 21 heavy (non-hydrogen) atoms. The average Bonchev–Trinajstić information content (AvgIpc) is 3.08. The molecular formula is C14H21N5O2. The Balaban J connectivity index is 1.89.